The van der Waals surface area contributed by atoms with Crippen LogP contribution in [0.1, 0.15) is 23.6 Å². The number of nitrogens with zero attached hydrogens (tertiary/aromatic N) is 3. The number of H-pyrrole nitrogens is 1. The lowest BCUT2D eigenvalue weighted by Crippen LogP contribution is -2.36. The molecule has 7 heteroatoms. The summed E-state index contributed by atoms with van der Waals surface area (Å²) in [5, 5.41) is 13.3. The predicted octanol–water partition coefficient (Wildman–Crippen LogP) is 3.17. The third-order valence-electron chi connectivity index (χ3n) is 4.06. The number of benzene rings is 2. The molecule has 0 bridgehead atoms. The molecule has 0 aliphatic heterocycles. The summed E-state index contributed by atoms with van der Waals surface area (Å²) in [4.78, 5) is 8.81. The summed E-state index contributed by atoms with van der Waals surface area (Å²) in [7, 11) is 0. The second-order valence-corrected chi connectivity index (χ2v) is 6.17. The lowest BCUT2D eigenvalue weighted by molar-refractivity contribution is 0.617. The molecule has 0 spiro atoms. The van der Waals surface area contributed by atoms with E-state index < -0.39 is 0 Å². The first kappa shape index (κ1) is 18.6. The normalized spacial score (nSPS) is 11.4. The number of aromatic amines is 1. The second kappa shape index (κ2) is 8.93. The standard InChI is InChI=1S/C20H23FN6/c1-3-22-20(24-12-16-7-8-18(21)14(2)9-16)23-11-15-5-4-6-17(10-15)19-25-13-26-27-19/h4-10,13H,3,11-12H2,1-2H3,(H2,22,23,24)(H,25,26,27). The summed E-state index contributed by atoms with van der Waals surface area (Å²) in [6, 6.07) is 13.1. The van der Waals surface area contributed by atoms with Gasteiger partial charge in [-0.15, -0.1) is 0 Å². The van der Waals surface area contributed by atoms with Crippen LogP contribution >= 0.6 is 0 Å². The summed E-state index contributed by atoms with van der Waals surface area (Å²) < 4.78 is 13.4. The van der Waals surface area contributed by atoms with Gasteiger partial charge in [-0.1, -0.05) is 30.3 Å². The summed E-state index contributed by atoms with van der Waals surface area (Å²) in [6.07, 6.45) is 1.49. The summed E-state index contributed by atoms with van der Waals surface area (Å²) in [5.74, 6) is 1.26. The van der Waals surface area contributed by atoms with Crippen LogP contribution in [-0.2, 0) is 13.1 Å². The first-order valence-electron chi connectivity index (χ1n) is 8.87. The van der Waals surface area contributed by atoms with Crippen molar-refractivity contribution in [1.82, 2.24) is 25.8 Å². The van der Waals surface area contributed by atoms with Crippen LogP contribution < -0.4 is 10.6 Å². The van der Waals surface area contributed by atoms with Gasteiger partial charge in [0.05, 0.1) is 6.54 Å². The molecule has 0 aliphatic rings. The largest absolute Gasteiger partial charge is 0.357 e. The van der Waals surface area contributed by atoms with Crippen molar-refractivity contribution >= 4 is 5.96 Å². The van der Waals surface area contributed by atoms with Crippen molar-refractivity contribution in [2.75, 3.05) is 6.54 Å². The molecular formula is C20H23FN6. The van der Waals surface area contributed by atoms with Crippen molar-refractivity contribution in [2.24, 2.45) is 4.99 Å². The van der Waals surface area contributed by atoms with Crippen molar-refractivity contribution < 1.29 is 4.39 Å². The third kappa shape index (κ3) is 5.13. The molecule has 0 aliphatic carbocycles. The maximum absolute atomic E-state index is 13.4. The maximum atomic E-state index is 13.4. The molecular weight excluding hydrogens is 343 g/mol. The van der Waals surface area contributed by atoms with Crippen LogP contribution in [0, 0.1) is 12.7 Å². The second-order valence-electron chi connectivity index (χ2n) is 6.17. The highest BCUT2D eigenvalue weighted by molar-refractivity contribution is 5.79. The molecule has 0 fully saturated rings. The van der Waals surface area contributed by atoms with Crippen molar-refractivity contribution in [2.45, 2.75) is 26.9 Å². The lowest BCUT2D eigenvalue weighted by Gasteiger charge is -2.12. The Hall–Kier alpha value is -3.22. The molecule has 6 nitrogen and oxygen atoms in total. The number of aryl methyl sites for hydroxylation is 1. The highest BCUT2D eigenvalue weighted by Crippen LogP contribution is 2.16. The molecule has 3 rings (SSSR count). The minimum atomic E-state index is -0.189. The predicted molar refractivity (Wildman–Crippen MR) is 105 cm³/mol. The van der Waals surface area contributed by atoms with E-state index in [2.05, 4.69) is 30.8 Å². The molecule has 1 aromatic heterocycles. The van der Waals surface area contributed by atoms with E-state index in [1.54, 1.807) is 13.0 Å². The zero-order valence-corrected chi connectivity index (χ0v) is 15.5. The topological polar surface area (TPSA) is 78.0 Å². The van der Waals surface area contributed by atoms with Gasteiger partial charge in [-0.3, -0.25) is 5.10 Å². The van der Waals surface area contributed by atoms with Crippen LogP contribution in [0.15, 0.2) is 53.8 Å². The zero-order chi connectivity index (χ0) is 19.1. The summed E-state index contributed by atoms with van der Waals surface area (Å²) >= 11 is 0. The van der Waals surface area contributed by atoms with Gasteiger partial charge in [-0.2, -0.15) is 5.10 Å². The van der Waals surface area contributed by atoms with E-state index in [0.717, 1.165) is 29.1 Å². The summed E-state index contributed by atoms with van der Waals surface area (Å²) in [5.41, 5.74) is 3.69. The fourth-order valence-corrected chi connectivity index (χ4v) is 2.68. The van der Waals surface area contributed by atoms with E-state index in [1.807, 2.05) is 37.3 Å². The molecule has 3 aromatic rings. The Morgan fingerprint density at radius 3 is 2.78 bits per heavy atom. The van der Waals surface area contributed by atoms with Crippen LogP contribution in [0.3, 0.4) is 0 Å². The van der Waals surface area contributed by atoms with Gasteiger partial charge in [0.2, 0.25) is 0 Å². The van der Waals surface area contributed by atoms with Crippen molar-refractivity contribution in [1.29, 1.82) is 0 Å². The average Bonchev–Trinajstić information content (AvgIpc) is 3.22. The van der Waals surface area contributed by atoms with E-state index in [0.29, 0.717) is 24.6 Å². The lowest BCUT2D eigenvalue weighted by atomic mass is 10.1. The van der Waals surface area contributed by atoms with Gasteiger partial charge < -0.3 is 10.6 Å². The molecule has 0 amide bonds. The van der Waals surface area contributed by atoms with E-state index >= 15 is 0 Å². The fourth-order valence-electron chi connectivity index (χ4n) is 2.68. The summed E-state index contributed by atoms with van der Waals surface area (Å²) in [6.45, 7) is 5.64. The van der Waals surface area contributed by atoms with Gasteiger partial charge in [0.15, 0.2) is 11.8 Å². The number of hydrogen-bond acceptors (Lipinski definition) is 3. The average molecular weight is 366 g/mol. The van der Waals surface area contributed by atoms with Crippen LogP contribution in [0.4, 0.5) is 4.39 Å². The van der Waals surface area contributed by atoms with Gasteiger partial charge >= 0.3 is 0 Å². The SMILES string of the molecule is CCNC(=NCc1cccc(-c2ncn[nH]2)c1)NCc1ccc(F)c(C)c1. The molecule has 140 valence electrons. The van der Waals surface area contributed by atoms with Gasteiger partial charge in [-0.05, 0) is 42.7 Å². The Morgan fingerprint density at radius 2 is 2.04 bits per heavy atom. The van der Waals surface area contributed by atoms with Gasteiger partial charge in [-0.25, -0.2) is 14.4 Å². The quantitative estimate of drug-likeness (QED) is 0.463. The Kier molecular flexibility index (Phi) is 6.14. The number of aromatic nitrogens is 3. The number of guanidine groups is 1. The van der Waals surface area contributed by atoms with Crippen LogP contribution in [0.5, 0.6) is 0 Å². The van der Waals surface area contributed by atoms with Crippen molar-refractivity contribution in [3.63, 3.8) is 0 Å². The molecule has 2 aromatic carbocycles. The minimum absolute atomic E-state index is 0.189. The molecule has 0 radical (unpaired) electrons. The molecule has 3 N–H and O–H groups in total. The highest BCUT2D eigenvalue weighted by Gasteiger charge is 2.04. The maximum Gasteiger partial charge on any atom is 0.191 e. The van der Waals surface area contributed by atoms with E-state index in [1.165, 1.54) is 12.4 Å². The molecule has 0 atom stereocenters. The van der Waals surface area contributed by atoms with Crippen molar-refractivity contribution in [3.05, 3.63) is 71.3 Å². The van der Waals surface area contributed by atoms with Crippen molar-refractivity contribution in [3.8, 4) is 11.4 Å². The zero-order valence-electron chi connectivity index (χ0n) is 15.5. The Morgan fingerprint density at radius 1 is 1.15 bits per heavy atom. The molecule has 0 saturated carbocycles. The Labute approximate surface area is 158 Å². The number of hydrogen-bond donors (Lipinski definition) is 3. The fraction of sp³-hybridized carbons (Fsp3) is 0.250. The van der Waals surface area contributed by atoms with Crippen LogP contribution in [0.2, 0.25) is 0 Å². The first-order chi connectivity index (χ1) is 13.2. The highest BCUT2D eigenvalue weighted by atomic mass is 19.1. The van der Waals surface area contributed by atoms with Gasteiger partial charge in [0.25, 0.3) is 0 Å². The number of rotatable bonds is 6. The van der Waals surface area contributed by atoms with E-state index in [-0.39, 0.29) is 5.82 Å². The Bertz CT molecular complexity index is 905. The van der Waals surface area contributed by atoms with E-state index in [4.69, 9.17) is 0 Å². The monoisotopic (exact) mass is 366 g/mol. The Balaban J connectivity index is 1.66. The van der Waals surface area contributed by atoms with Gasteiger partial charge in [0, 0.05) is 18.7 Å². The van der Waals surface area contributed by atoms with Gasteiger partial charge in [0.1, 0.15) is 12.1 Å². The number of halogens is 1. The van der Waals surface area contributed by atoms with E-state index in [9.17, 15) is 4.39 Å². The van der Waals surface area contributed by atoms with Crippen LogP contribution in [-0.4, -0.2) is 27.7 Å². The number of nitrogens with one attached hydrogen (secondary N) is 3. The molecule has 0 saturated heterocycles. The minimum Gasteiger partial charge on any atom is -0.357 e. The number of aliphatic imine (C=N–C) groups is 1. The molecule has 1 heterocycles. The smallest absolute Gasteiger partial charge is 0.191 e. The molecule has 0 unspecified atom stereocenters. The first-order valence-corrected chi connectivity index (χ1v) is 8.87. The van der Waals surface area contributed by atoms with Crippen LogP contribution in [0.25, 0.3) is 11.4 Å². The third-order valence-corrected chi connectivity index (χ3v) is 4.06. The molecule has 27 heavy (non-hydrogen) atoms.